The van der Waals surface area contributed by atoms with Crippen LogP contribution in [0.1, 0.15) is 89.5 Å². The van der Waals surface area contributed by atoms with Crippen molar-refractivity contribution in [2.75, 3.05) is 32.8 Å². The highest BCUT2D eigenvalue weighted by atomic mass is 32.1. The average molecular weight is 561 g/mol. The second-order valence-corrected chi connectivity index (χ2v) is 11.7. The minimum atomic E-state index is -0.129. The van der Waals surface area contributed by atoms with E-state index in [-0.39, 0.29) is 24.4 Å². The largest absolute Gasteiger partial charge is 0.382 e. The third-order valence-electron chi connectivity index (χ3n) is 7.82. The lowest BCUT2D eigenvalue weighted by Gasteiger charge is -2.38. The lowest BCUT2D eigenvalue weighted by atomic mass is 9.90. The van der Waals surface area contributed by atoms with Crippen LogP contribution in [-0.2, 0) is 22.4 Å². The number of hydrogen-bond acceptors (Lipinski definition) is 4. The van der Waals surface area contributed by atoms with Gasteiger partial charge in [0, 0.05) is 36.7 Å². The summed E-state index contributed by atoms with van der Waals surface area (Å²) in [7, 11) is 0. The van der Waals surface area contributed by atoms with Crippen LogP contribution in [0.2, 0.25) is 0 Å². The molecule has 2 aromatic carbocycles. The molecule has 0 bridgehead atoms. The third-order valence-corrected chi connectivity index (χ3v) is 8.82. The third kappa shape index (κ3) is 7.61. The fourth-order valence-corrected chi connectivity index (χ4v) is 6.48. The molecule has 0 spiro atoms. The molecule has 1 aromatic heterocycles. The Hall–Kier alpha value is -2.96. The number of unbranched alkanes of at least 4 members (excludes halogenated alkanes) is 3. The Morgan fingerprint density at radius 3 is 2.52 bits per heavy atom. The smallest absolute Gasteiger partial charge is 0.254 e. The van der Waals surface area contributed by atoms with Crippen LogP contribution in [-0.4, -0.2) is 54.5 Å². The van der Waals surface area contributed by atoms with Gasteiger partial charge in [-0.1, -0.05) is 62.6 Å². The van der Waals surface area contributed by atoms with Gasteiger partial charge in [0.1, 0.15) is 6.54 Å². The summed E-state index contributed by atoms with van der Waals surface area (Å²) in [4.78, 5) is 32.8. The lowest BCUT2D eigenvalue weighted by Crippen LogP contribution is -2.47. The molecule has 0 radical (unpaired) electrons. The van der Waals surface area contributed by atoms with E-state index in [4.69, 9.17) is 4.74 Å². The van der Waals surface area contributed by atoms with Gasteiger partial charge < -0.3 is 14.5 Å². The van der Waals surface area contributed by atoms with Gasteiger partial charge in [-0.05, 0) is 85.4 Å². The zero-order chi connectivity index (χ0) is 28.3. The monoisotopic (exact) mass is 560 g/mol. The van der Waals surface area contributed by atoms with Crippen molar-refractivity contribution in [3.05, 3.63) is 92.7 Å². The number of carbonyl (C=O) groups excluding carboxylic acids is 2. The van der Waals surface area contributed by atoms with Crippen molar-refractivity contribution in [3.8, 4) is 0 Å². The number of nitrogens with zero attached hydrogens (tertiary/aromatic N) is 2. The van der Waals surface area contributed by atoms with Gasteiger partial charge in [0.15, 0.2) is 0 Å². The molecule has 1 aliphatic heterocycles. The molecule has 0 aliphatic carbocycles. The summed E-state index contributed by atoms with van der Waals surface area (Å²) < 4.78 is 5.55. The number of benzene rings is 2. The quantitative estimate of drug-likeness (QED) is 0.196. The molecule has 0 saturated heterocycles. The van der Waals surface area contributed by atoms with E-state index in [9.17, 15) is 9.59 Å². The zero-order valence-electron chi connectivity index (χ0n) is 24.4. The molecule has 214 valence electrons. The minimum absolute atomic E-state index is 0.0117. The van der Waals surface area contributed by atoms with Crippen molar-refractivity contribution >= 4 is 23.2 Å². The molecule has 4 rings (SSSR count). The summed E-state index contributed by atoms with van der Waals surface area (Å²) in [6.45, 7) is 8.70. The molecule has 6 heteroatoms. The summed E-state index contributed by atoms with van der Waals surface area (Å²) >= 11 is 1.77. The Kier molecular flexibility index (Phi) is 11.4. The van der Waals surface area contributed by atoms with E-state index in [1.807, 2.05) is 36.1 Å². The summed E-state index contributed by atoms with van der Waals surface area (Å²) in [6.07, 6.45) is 7.46. The maximum absolute atomic E-state index is 14.0. The van der Waals surface area contributed by atoms with E-state index in [0.29, 0.717) is 38.3 Å². The highest BCUT2D eigenvalue weighted by Crippen LogP contribution is 2.39. The number of aryl methyl sites for hydroxylation is 2. The number of thiophene rings is 1. The van der Waals surface area contributed by atoms with Crippen molar-refractivity contribution in [2.45, 2.75) is 71.8 Å². The van der Waals surface area contributed by atoms with Crippen molar-refractivity contribution in [2.24, 2.45) is 0 Å². The van der Waals surface area contributed by atoms with Crippen molar-refractivity contribution in [1.82, 2.24) is 9.80 Å². The number of fused-ring (bicyclic) bond motifs is 1. The van der Waals surface area contributed by atoms with E-state index in [1.54, 1.807) is 16.2 Å². The SMILES string of the molecule is CCCCCCc1ccc(C(=O)N(CCCOCC)CC(=O)N2CCc3sccc3C2c2ccccc2C)cc1. The van der Waals surface area contributed by atoms with Crippen LogP contribution in [0.25, 0.3) is 0 Å². The fraction of sp³-hybridized carbons (Fsp3) is 0.471. The molecule has 1 atom stereocenters. The molecular formula is C34H44N2O3S. The molecule has 0 fully saturated rings. The van der Waals surface area contributed by atoms with Gasteiger partial charge in [-0.25, -0.2) is 0 Å². The maximum Gasteiger partial charge on any atom is 0.254 e. The fourth-order valence-electron chi connectivity index (χ4n) is 5.57. The second kappa shape index (κ2) is 15.2. The van der Waals surface area contributed by atoms with E-state index >= 15 is 0 Å². The van der Waals surface area contributed by atoms with Crippen LogP contribution in [0, 0.1) is 6.92 Å². The average Bonchev–Trinajstić information content (AvgIpc) is 3.46. The first-order valence-electron chi connectivity index (χ1n) is 14.9. The molecule has 3 aromatic rings. The molecule has 2 heterocycles. The summed E-state index contributed by atoms with van der Waals surface area (Å²) in [6, 6.07) is 18.3. The van der Waals surface area contributed by atoms with Crippen LogP contribution in [0.3, 0.4) is 0 Å². The molecule has 2 amide bonds. The van der Waals surface area contributed by atoms with Crippen molar-refractivity contribution in [3.63, 3.8) is 0 Å². The topological polar surface area (TPSA) is 49.9 Å². The van der Waals surface area contributed by atoms with Gasteiger partial charge in [0.2, 0.25) is 5.91 Å². The van der Waals surface area contributed by atoms with Gasteiger partial charge in [-0.3, -0.25) is 9.59 Å². The second-order valence-electron chi connectivity index (χ2n) is 10.7. The van der Waals surface area contributed by atoms with Crippen LogP contribution in [0.4, 0.5) is 0 Å². The Morgan fingerprint density at radius 1 is 0.975 bits per heavy atom. The van der Waals surface area contributed by atoms with Gasteiger partial charge in [0.25, 0.3) is 5.91 Å². The first kappa shape index (κ1) is 30.0. The Balaban J connectivity index is 1.52. The first-order valence-corrected chi connectivity index (χ1v) is 15.8. The summed E-state index contributed by atoms with van der Waals surface area (Å²) in [5, 5.41) is 2.13. The molecule has 1 unspecified atom stereocenters. The summed E-state index contributed by atoms with van der Waals surface area (Å²) in [5.74, 6) is -0.106. The number of carbonyl (C=O) groups is 2. The van der Waals surface area contributed by atoms with E-state index in [2.05, 4.69) is 49.6 Å². The van der Waals surface area contributed by atoms with Crippen LogP contribution in [0.5, 0.6) is 0 Å². The highest BCUT2D eigenvalue weighted by molar-refractivity contribution is 7.10. The zero-order valence-corrected chi connectivity index (χ0v) is 25.2. The van der Waals surface area contributed by atoms with Crippen LogP contribution >= 0.6 is 11.3 Å². The molecule has 0 saturated carbocycles. The Morgan fingerprint density at radius 2 is 1.77 bits per heavy atom. The van der Waals surface area contributed by atoms with Gasteiger partial charge in [0.05, 0.1) is 6.04 Å². The van der Waals surface area contributed by atoms with E-state index in [1.165, 1.54) is 47.3 Å². The standard InChI is InChI=1S/C34H44N2O3S/c1-4-6-7-8-13-27-15-17-28(18-16-27)34(38)35(21-11-23-39-5-2)25-32(37)36-22-19-31-30(20-24-40-31)33(36)29-14-10-9-12-26(29)3/h9-10,12,14-18,20,24,33H,4-8,11,13,19,21-23,25H2,1-3H3. The number of amides is 2. The van der Waals surface area contributed by atoms with Gasteiger partial charge in [-0.15, -0.1) is 11.3 Å². The molecule has 0 N–H and O–H groups in total. The van der Waals surface area contributed by atoms with E-state index < -0.39 is 0 Å². The minimum Gasteiger partial charge on any atom is -0.382 e. The lowest BCUT2D eigenvalue weighted by molar-refractivity contribution is -0.134. The number of rotatable bonds is 14. The first-order chi connectivity index (χ1) is 19.5. The highest BCUT2D eigenvalue weighted by Gasteiger charge is 2.34. The van der Waals surface area contributed by atoms with E-state index in [0.717, 1.165) is 18.4 Å². The van der Waals surface area contributed by atoms with Crippen molar-refractivity contribution in [1.29, 1.82) is 0 Å². The number of hydrogen-bond donors (Lipinski definition) is 0. The predicted molar refractivity (Wildman–Crippen MR) is 164 cm³/mol. The molecule has 40 heavy (non-hydrogen) atoms. The summed E-state index contributed by atoms with van der Waals surface area (Å²) in [5.41, 5.74) is 5.42. The van der Waals surface area contributed by atoms with Crippen LogP contribution in [0.15, 0.2) is 60.0 Å². The van der Waals surface area contributed by atoms with Crippen molar-refractivity contribution < 1.29 is 14.3 Å². The molecule has 1 aliphatic rings. The van der Waals surface area contributed by atoms with Gasteiger partial charge in [-0.2, -0.15) is 0 Å². The number of ether oxygens (including phenoxy) is 1. The maximum atomic E-state index is 14.0. The van der Waals surface area contributed by atoms with Crippen LogP contribution < -0.4 is 0 Å². The Bertz CT molecular complexity index is 1240. The molecule has 5 nitrogen and oxygen atoms in total. The molecular weight excluding hydrogens is 516 g/mol. The predicted octanol–water partition coefficient (Wildman–Crippen LogP) is 7.22. The van der Waals surface area contributed by atoms with Gasteiger partial charge >= 0.3 is 0 Å². The Labute approximate surface area is 244 Å². The normalized spacial score (nSPS) is 14.7.